The number of rotatable bonds is 3. The predicted molar refractivity (Wildman–Crippen MR) is 75.9 cm³/mol. The van der Waals surface area contributed by atoms with Crippen LogP contribution in [-0.4, -0.2) is 49.8 Å². The Morgan fingerprint density at radius 3 is 2.78 bits per heavy atom. The highest BCUT2D eigenvalue weighted by Crippen LogP contribution is 2.32. The third-order valence-electron chi connectivity index (χ3n) is 5.10. The lowest BCUT2D eigenvalue weighted by Gasteiger charge is -2.48. The highest BCUT2D eigenvalue weighted by atomic mass is 16.5. The Balaban J connectivity index is 2.03. The quantitative estimate of drug-likeness (QED) is 0.836. The van der Waals surface area contributed by atoms with Crippen molar-refractivity contribution in [3.05, 3.63) is 0 Å². The molecule has 1 N–H and O–H groups in total. The molecule has 3 nitrogen and oxygen atoms in total. The van der Waals surface area contributed by atoms with Gasteiger partial charge in [-0.15, -0.1) is 0 Å². The van der Waals surface area contributed by atoms with Crippen molar-refractivity contribution in [2.24, 2.45) is 5.92 Å². The lowest BCUT2D eigenvalue weighted by Crippen LogP contribution is -2.58. The van der Waals surface area contributed by atoms with Gasteiger partial charge in [0.2, 0.25) is 0 Å². The molecule has 0 aromatic rings. The zero-order valence-electron chi connectivity index (χ0n) is 12.5. The van der Waals surface area contributed by atoms with E-state index in [1.165, 1.54) is 38.6 Å². The molecule has 0 bridgehead atoms. The molecule has 2 fully saturated rings. The van der Waals surface area contributed by atoms with Gasteiger partial charge in [0.25, 0.3) is 0 Å². The molecule has 0 amide bonds. The van der Waals surface area contributed by atoms with Crippen LogP contribution in [0, 0.1) is 5.92 Å². The van der Waals surface area contributed by atoms with Gasteiger partial charge in [-0.2, -0.15) is 0 Å². The van der Waals surface area contributed by atoms with E-state index in [2.05, 4.69) is 31.1 Å². The number of nitrogens with zero attached hydrogens (tertiary/aromatic N) is 1. The Morgan fingerprint density at radius 1 is 1.33 bits per heavy atom. The van der Waals surface area contributed by atoms with Crippen LogP contribution in [0.4, 0.5) is 0 Å². The Labute approximate surface area is 112 Å². The van der Waals surface area contributed by atoms with Gasteiger partial charge >= 0.3 is 0 Å². The molecule has 106 valence electrons. The zero-order valence-corrected chi connectivity index (χ0v) is 12.5. The largest absolute Gasteiger partial charge is 0.377 e. The van der Waals surface area contributed by atoms with Crippen LogP contribution in [0.2, 0.25) is 0 Å². The third kappa shape index (κ3) is 3.06. The van der Waals surface area contributed by atoms with Crippen LogP contribution >= 0.6 is 0 Å². The first kappa shape index (κ1) is 14.3. The van der Waals surface area contributed by atoms with Gasteiger partial charge in [-0.25, -0.2) is 0 Å². The molecule has 1 saturated carbocycles. The maximum atomic E-state index is 5.73. The highest BCUT2D eigenvalue weighted by Gasteiger charge is 2.38. The van der Waals surface area contributed by atoms with Crippen molar-refractivity contribution in [1.29, 1.82) is 0 Å². The molecule has 0 aromatic carbocycles. The number of likely N-dealkylation sites (N-methyl/N-ethyl adjacent to an activating group) is 1. The Hall–Kier alpha value is -0.120. The fourth-order valence-electron chi connectivity index (χ4n) is 3.78. The summed E-state index contributed by atoms with van der Waals surface area (Å²) in [6.07, 6.45) is 6.50. The zero-order chi connectivity index (χ0) is 13.2. The molecule has 1 saturated heterocycles. The Morgan fingerprint density at radius 2 is 2.11 bits per heavy atom. The van der Waals surface area contributed by atoms with E-state index in [1.54, 1.807) is 0 Å². The second kappa shape index (κ2) is 5.89. The maximum absolute atomic E-state index is 5.73. The van der Waals surface area contributed by atoms with E-state index in [0.29, 0.717) is 12.1 Å². The molecular weight excluding hydrogens is 224 g/mol. The second-order valence-corrected chi connectivity index (χ2v) is 6.61. The average molecular weight is 254 g/mol. The van der Waals surface area contributed by atoms with Gasteiger partial charge in [-0.1, -0.05) is 6.92 Å². The van der Waals surface area contributed by atoms with Crippen molar-refractivity contribution in [2.75, 3.05) is 27.2 Å². The molecule has 1 heterocycles. The molecule has 0 spiro atoms. The van der Waals surface area contributed by atoms with E-state index in [-0.39, 0.29) is 5.60 Å². The van der Waals surface area contributed by atoms with E-state index in [4.69, 9.17) is 4.74 Å². The van der Waals surface area contributed by atoms with Crippen LogP contribution in [-0.2, 0) is 4.74 Å². The molecule has 1 aliphatic heterocycles. The maximum Gasteiger partial charge on any atom is 0.0777 e. The van der Waals surface area contributed by atoms with Gasteiger partial charge in [0, 0.05) is 25.7 Å². The molecule has 18 heavy (non-hydrogen) atoms. The number of hydrogen-bond donors (Lipinski definition) is 1. The van der Waals surface area contributed by atoms with Crippen LogP contribution in [0.5, 0.6) is 0 Å². The molecule has 0 aromatic heterocycles. The summed E-state index contributed by atoms with van der Waals surface area (Å²) in [5, 5.41) is 3.53. The van der Waals surface area contributed by atoms with Crippen LogP contribution in [0.15, 0.2) is 0 Å². The number of nitrogens with one attached hydrogen (secondary N) is 1. The summed E-state index contributed by atoms with van der Waals surface area (Å²) >= 11 is 0. The standard InChI is InChI=1S/C15H30N2O/c1-12-6-7-13(16-3)14(10-12)17-9-5-8-15(2,11-17)18-4/h12-14,16H,5-11H2,1-4H3. The van der Waals surface area contributed by atoms with Crippen LogP contribution in [0.3, 0.4) is 0 Å². The van der Waals surface area contributed by atoms with Crippen LogP contribution in [0.1, 0.15) is 46.0 Å². The monoisotopic (exact) mass is 254 g/mol. The van der Waals surface area contributed by atoms with Crippen LogP contribution in [0.25, 0.3) is 0 Å². The third-order valence-corrected chi connectivity index (χ3v) is 5.10. The van der Waals surface area contributed by atoms with E-state index in [0.717, 1.165) is 12.5 Å². The minimum Gasteiger partial charge on any atom is -0.377 e. The number of hydrogen-bond acceptors (Lipinski definition) is 3. The molecule has 2 aliphatic rings. The molecule has 1 aliphatic carbocycles. The van der Waals surface area contributed by atoms with Gasteiger partial charge in [-0.05, 0) is 58.5 Å². The van der Waals surface area contributed by atoms with Crippen molar-refractivity contribution in [2.45, 2.75) is 63.6 Å². The Bertz CT molecular complexity index is 271. The molecule has 4 unspecified atom stereocenters. The van der Waals surface area contributed by atoms with E-state index in [9.17, 15) is 0 Å². The molecular formula is C15H30N2O. The lowest BCUT2D eigenvalue weighted by molar-refractivity contribution is -0.0702. The number of piperidine rings is 1. The van der Waals surface area contributed by atoms with Crippen molar-refractivity contribution in [1.82, 2.24) is 10.2 Å². The van der Waals surface area contributed by atoms with Crippen molar-refractivity contribution in [3.63, 3.8) is 0 Å². The fourth-order valence-corrected chi connectivity index (χ4v) is 3.78. The summed E-state index contributed by atoms with van der Waals surface area (Å²) < 4.78 is 5.73. The molecule has 3 heteroatoms. The first-order valence-electron chi connectivity index (χ1n) is 7.54. The first-order chi connectivity index (χ1) is 8.58. The van der Waals surface area contributed by atoms with Gasteiger partial charge in [0.05, 0.1) is 5.60 Å². The van der Waals surface area contributed by atoms with E-state index >= 15 is 0 Å². The van der Waals surface area contributed by atoms with Gasteiger partial charge in [0.1, 0.15) is 0 Å². The van der Waals surface area contributed by atoms with Crippen molar-refractivity contribution in [3.8, 4) is 0 Å². The average Bonchev–Trinajstić information content (AvgIpc) is 2.39. The number of likely N-dealkylation sites (tertiary alicyclic amines) is 1. The summed E-state index contributed by atoms with van der Waals surface area (Å²) in [7, 11) is 3.98. The fraction of sp³-hybridized carbons (Fsp3) is 1.00. The lowest BCUT2D eigenvalue weighted by atomic mass is 9.81. The van der Waals surface area contributed by atoms with Gasteiger partial charge < -0.3 is 10.1 Å². The first-order valence-corrected chi connectivity index (χ1v) is 7.54. The van der Waals surface area contributed by atoms with E-state index in [1.807, 2.05) is 7.11 Å². The van der Waals surface area contributed by atoms with Gasteiger partial charge in [0.15, 0.2) is 0 Å². The summed E-state index contributed by atoms with van der Waals surface area (Å²) in [5.41, 5.74) is 0.0667. The normalized spacial score (nSPS) is 43.0. The molecule has 0 radical (unpaired) electrons. The highest BCUT2D eigenvalue weighted by molar-refractivity contribution is 4.94. The summed E-state index contributed by atoms with van der Waals surface area (Å²) in [6, 6.07) is 1.37. The molecule has 2 rings (SSSR count). The number of methoxy groups -OCH3 is 1. The predicted octanol–water partition coefficient (Wildman–Crippen LogP) is 2.26. The van der Waals surface area contributed by atoms with Crippen molar-refractivity contribution < 1.29 is 4.74 Å². The molecule has 4 atom stereocenters. The smallest absolute Gasteiger partial charge is 0.0777 e. The van der Waals surface area contributed by atoms with Crippen molar-refractivity contribution >= 4 is 0 Å². The minimum atomic E-state index is 0.0667. The minimum absolute atomic E-state index is 0.0667. The van der Waals surface area contributed by atoms with E-state index < -0.39 is 0 Å². The summed E-state index contributed by atoms with van der Waals surface area (Å²) in [5.74, 6) is 0.871. The van der Waals surface area contributed by atoms with Crippen LogP contribution < -0.4 is 5.32 Å². The van der Waals surface area contributed by atoms with Gasteiger partial charge in [-0.3, -0.25) is 4.90 Å². The summed E-state index contributed by atoms with van der Waals surface area (Å²) in [6.45, 7) is 7.01. The summed E-state index contributed by atoms with van der Waals surface area (Å²) in [4.78, 5) is 2.68. The number of ether oxygens (including phenoxy) is 1. The topological polar surface area (TPSA) is 24.5 Å². The Kier molecular flexibility index (Phi) is 4.68. The SMILES string of the molecule is CNC1CCC(C)CC1N1CCCC(C)(OC)C1. The second-order valence-electron chi connectivity index (χ2n) is 6.61.